The van der Waals surface area contributed by atoms with Crippen LogP contribution in [0.3, 0.4) is 0 Å². The highest BCUT2D eigenvalue weighted by Crippen LogP contribution is 2.42. The summed E-state index contributed by atoms with van der Waals surface area (Å²) in [5.41, 5.74) is 5.20. The number of pyridine rings is 1. The van der Waals surface area contributed by atoms with Crippen LogP contribution < -0.4 is 9.80 Å². The molecule has 1 amide bonds. The van der Waals surface area contributed by atoms with Crippen molar-refractivity contribution in [3.63, 3.8) is 0 Å². The van der Waals surface area contributed by atoms with E-state index in [-0.39, 0.29) is 10.8 Å². The van der Waals surface area contributed by atoms with E-state index < -0.39 is 0 Å². The summed E-state index contributed by atoms with van der Waals surface area (Å²) < 4.78 is 3.83. The summed E-state index contributed by atoms with van der Waals surface area (Å²) in [6, 6.07) is 13.1. The van der Waals surface area contributed by atoms with Gasteiger partial charge in [-0.3, -0.25) is 9.20 Å². The quantitative estimate of drug-likeness (QED) is 0.286. The number of hydrogen-bond donors (Lipinski definition) is 0. The molecule has 11 nitrogen and oxygen atoms in total. The molecule has 3 aliphatic heterocycles. The van der Waals surface area contributed by atoms with E-state index in [9.17, 15) is 4.79 Å². The van der Waals surface area contributed by atoms with Crippen LogP contribution >= 0.6 is 0 Å². The number of likely N-dealkylation sites (tertiary alicyclic amines) is 1. The van der Waals surface area contributed by atoms with Gasteiger partial charge in [0.25, 0.3) is 0 Å². The largest absolute Gasteiger partial charge is 0.369 e. The maximum absolute atomic E-state index is 13.9. The van der Waals surface area contributed by atoms with Gasteiger partial charge in [-0.1, -0.05) is 37.3 Å². The molecule has 1 atom stereocenters. The van der Waals surface area contributed by atoms with Gasteiger partial charge in [0.05, 0.1) is 17.3 Å². The van der Waals surface area contributed by atoms with E-state index in [0.29, 0.717) is 18.9 Å². The Balaban J connectivity index is 0.930. The lowest BCUT2D eigenvalue weighted by Gasteiger charge is -2.46. The van der Waals surface area contributed by atoms with Gasteiger partial charge in [-0.05, 0) is 56.2 Å². The second-order valence-corrected chi connectivity index (χ2v) is 13.5. The molecule has 232 valence electrons. The van der Waals surface area contributed by atoms with Crippen molar-refractivity contribution in [2.45, 2.75) is 57.8 Å². The molecular formula is C34H40N10O. The van der Waals surface area contributed by atoms with Gasteiger partial charge in [-0.2, -0.15) is 5.10 Å². The Morgan fingerprint density at radius 2 is 1.78 bits per heavy atom. The molecule has 3 fully saturated rings. The maximum atomic E-state index is 13.9. The van der Waals surface area contributed by atoms with Crippen molar-refractivity contribution < 1.29 is 4.79 Å². The molecule has 0 bridgehead atoms. The van der Waals surface area contributed by atoms with Crippen LogP contribution in [0, 0.1) is 12.3 Å². The molecule has 0 aliphatic carbocycles. The SMILES string of the molecule is Cc1cc(N2CC[C@](C)(c3ccccc3)C2)cn2nc(CCN3CCCC4(CCN(c5nccn6cnnc56)CC4)C3=O)nc12. The Bertz CT molecular complexity index is 1860. The third-order valence-electron chi connectivity index (χ3n) is 10.6. The number of rotatable bonds is 6. The number of piperidine rings is 2. The lowest BCUT2D eigenvalue weighted by atomic mass is 9.71. The molecule has 0 N–H and O–H groups in total. The van der Waals surface area contributed by atoms with Crippen molar-refractivity contribution in [3.8, 4) is 0 Å². The number of amides is 1. The van der Waals surface area contributed by atoms with Crippen LogP contribution in [-0.4, -0.2) is 84.3 Å². The number of fused-ring (bicyclic) bond motifs is 2. The highest BCUT2D eigenvalue weighted by molar-refractivity contribution is 5.84. The molecule has 5 aromatic rings. The van der Waals surface area contributed by atoms with Crippen LogP contribution in [0.2, 0.25) is 0 Å². The lowest BCUT2D eigenvalue weighted by molar-refractivity contribution is -0.148. The van der Waals surface area contributed by atoms with Crippen molar-refractivity contribution in [3.05, 3.63) is 78.3 Å². The van der Waals surface area contributed by atoms with Gasteiger partial charge in [0.2, 0.25) is 11.6 Å². The predicted molar refractivity (Wildman–Crippen MR) is 173 cm³/mol. The fourth-order valence-electron chi connectivity index (χ4n) is 7.89. The van der Waals surface area contributed by atoms with Crippen molar-refractivity contribution in [1.82, 2.24) is 39.1 Å². The number of carbonyl (C=O) groups excluding carboxylic acids is 1. The highest BCUT2D eigenvalue weighted by atomic mass is 16.2. The number of benzene rings is 1. The molecule has 0 unspecified atom stereocenters. The number of aryl methyl sites for hydroxylation is 1. The first-order valence-corrected chi connectivity index (χ1v) is 16.3. The first-order chi connectivity index (χ1) is 21.9. The van der Waals surface area contributed by atoms with E-state index >= 15 is 0 Å². The average Bonchev–Trinajstić information content (AvgIpc) is 3.82. The zero-order valence-corrected chi connectivity index (χ0v) is 26.1. The van der Waals surface area contributed by atoms with Crippen molar-refractivity contribution >= 4 is 28.7 Å². The van der Waals surface area contributed by atoms with Gasteiger partial charge >= 0.3 is 0 Å². The zero-order valence-electron chi connectivity index (χ0n) is 26.1. The predicted octanol–water partition coefficient (Wildman–Crippen LogP) is 4.10. The minimum Gasteiger partial charge on any atom is -0.369 e. The van der Waals surface area contributed by atoms with Crippen molar-refractivity contribution in [1.29, 1.82) is 0 Å². The topological polar surface area (TPSA) is 100 Å². The summed E-state index contributed by atoms with van der Waals surface area (Å²) in [5, 5.41) is 13.2. The van der Waals surface area contributed by atoms with E-state index in [2.05, 4.69) is 86.3 Å². The standard InChI is InChI=1S/C34H40N10O/c1-25-21-27(42-17-11-33(2,23-42)26-7-4-3-5-8-26)22-44-29(25)37-28(39-44)9-16-41-15-6-10-34(32(41)45)12-18-40(19-13-34)30-31-38-36-24-43(31)20-14-35-30/h3-5,7-8,14,20-22,24H,6,9-13,15-19,23H2,1-2H3/t33-/m0/s1. The molecule has 45 heavy (non-hydrogen) atoms. The molecule has 3 aliphatic rings. The fourth-order valence-corrected chi connectivity index (χ4v) is 7.89. The van der Waals surface area contributed by atoms with E-state index in [1.165, 1.54) is 11.3 Å². The monoisotopic (exact) mass is 604 g/mol. The minimum atomic E-state index is -0.296. The van der Waals surface area contributed by atoms with E-state index in [0.717, 1.165) is 93.3 Å². The summed E-state index contributed by atoms with van der Waals surface area (Å²) in [6.07, 6.45) is 12.9. The van der Waals surface area contributed by atoms with Gasteiger partial charge in [0.1, 0.15) is 6.33 Å². The molecule has 7 heterocycles. The normalized spacial score (nSPS) is 21.9. The number of hydrogen-bond acceptors (Lipinski definition) is 8. The van der Waals surface area contributed by atoms with Crippen LogP contribution in [0.4, 0.5) is 11.5 Å². The Morgan fingerprint density at radius 1 is 0.956 bits per heavy atom. The molecule has 0 saturated carbocycles. The van der Waals surface area contributed by atoms with Gasteiger partial charge in [0.15, 0.2) is 17.3 Å². The Hall–Kier alpha value is -4.54. The highest BCUT2D eigenvalue weighted by Gasteiger charge is 2.46. The molecule has 0 radical (unpaired) electrons. The third kappa shape index (κ3) is 4.89. The van der Waals surface area contributed by atoms with Gasteiger partial charge in [-0.15, -0.1) is 10.2 Å². The van der Waals surface area contributed by atoms with Gasteiger partial charge in [0, 0.05) is 63.5 Å². The zero-order chi connectivity index (χ0) is 30.6. The number of carbonyl (C=O) groups is 1. The molecule has 11 heteroatoms. The summed E-state index contributed by atoms with van der Waals surface area (Å²) in [5.74, 6) is 1.93. The number of nitrogens with zero attached hydrogens (tertiary/aromatic N) is 10. The van der Waals surface area contributed by atoms with E-state index in [4.69, 9.17) is 10.1 Å². The Kier molecular flexibility index (Phi) is 6.72. The molecule has 1 aromatic carbocycles. The molecule has 8 rings (SSSR count). The second kappa shape index (κ2) is 10.8. The first kappa shape index (κ1) is 28.0. The van der Waals surface area contributed by atoms with Crippen LogP contribution in [0.15, 0.2) is 61.3 Å². The molecule has 1 spiro atoms. The lowest BCUT2D eigenvalue weighted by Crippen LogP contribution is -2.54. The molecule has 4 aromatic heterocycles. The number of aromatic nitrogens is 7. The van der Waals surface area contributed by atoms with Crippen molar-refractivity contribution in [2.75, 3.05) is 49.1 Å². The van der Waals surface area contributed by atoms with Crippen LogP contribution in [0.25, 0.3) is 11.3 Å². The van der Waals surface area contributed by atoms with Gasteiger partial charge < -0.3 is 14.7 Å². The summed E-state index contributed by atoms with van der Waals surface area (Å²) >= 11 is 0. The fraction of sp³-hybridized carbons (Fsp3) is 0.471. The van der Waals surface area contributed by atoms with Gasteiger partial charge in [-0.25, -0.2) is 14.5 Å². The van der Waals surface area contributed by atoms with Crippen LogP contribution in [-0.2, 0) is 16.6 Å². The van der Waals surface area contributed by atoms with E-state index in [1.54, 1.807) is 12.5 Å². The summed E-state index contributed by atoms with van der Waals surface area (Å²) in [7, 11) is 0. The van der Waals surface area contributed by atoms with Crippen LogP contribution in [0.5, 0.6) is 0 Å². The Morgan fingerprint density at radius 3 is 2.62 bits per heavy atom. The maximum Gasteiger partial charge on any atom is 0.228 e. The van der Waals surface area contributed by atoms with Crippen molar-refractivity contribution in [2.24, 2.45) is 5.41 Å². The average molecular weight is 605 g/mol. The number of anilines is 2. The van der Waals surface area contributed by atoms with E-state index in [1.807, 2.05) is 15.1 Å². The summed E-state index contributed by atoms with van der Waals surface area (Å²) in [6.45, 7) is 9.51. The van der Waals surface area contributed by atoms with Crippen LogP contribution in [0.1, 0.15) is 56.0 Å². The molecule has 3 saturated heterocycles. The summed E-state index contributed by atoms with van der Waals surface area (Å²) in [4.78, 5) is 30.2. The second-order valence-electron chi connectivity index (χ2n) is 13.5. The third-order valence-corrected chi connectivity index (χ3v) is 10.6. The Labute approximate surface area is 262 Å². The first-order valence-electron chi connectivity index (χ1n) is 16.3. The molecular weight excluding hydrogens is 564 g/mol. The smallest absolute Gasteiger partial charge is 0.228 e. The minimum absolute atomic E-state index is 0.134.